The quantitative estimate of drug-likeness (QED) is 0.711. The normalized spacial score (nSPS) is 21.9. The number of hydrogen-bond acceptors (Lipinski definition) is 3. The summed E-state index contributed by atoms with van der Waals surface area (Å²) in [7, 11) is 0. The molecular formula is C22H27ClF2N2O2. The lowest BCUT2D eigenvalue weighted by Gasteiger charge is -2.36. The number of fused-ring (bicyclic) bond motifs is 1. The van der Waals surface area contributed by atoms with Crippen LogP contribution in [0, 0.1) is 0 Å². The van der Waals surface area contributed by atoms with E-state index in [0.29, 0.717) is 16.6 Å². The first kappa shape index (κ1) is 20.6. The van der Waals surface area contributed by atoms with Crippen molar-refractivity contribution in [1.29, 1.82) is 0 Å². The Balaban J connectivity index is 1.56. The van der Waals surface area contributed by atoms with Crippen molar-refractivity contribution in [2.24, 2.45) is 0 Å². The Hall–Kier alpha value is -1.63. The van der Waals surface area contributed by atoms with E-state index < -0.39 is 11.5 Å². The minimum absolute atomic E-state index is 0.0743. The molecule has 29 heavy (non-hydrogen) atoms. The molecule has 0 unspecified atom stereocenters. The monoisotopic (exact) mass is 424 g/mol. The number of ether oxygens (including phenoxy) is 1. The third-order valence-corrected chi connectivity index (χ3v) is 6.58. The molecule has 2 aromatic rings. The summed E-state index contributed by atoms with van der Waals surface area (Å²) in [5, 5.41) is 14.5. The van der Waals surface area contributed by atoms with E-state index in [0.717, 1.165) is 37.1 Å². The number of rotatable bonds is 5. The number of alkyl halides is 2. The van der Waals surface area contributed by atoms with Crippen molar-refractivity contribution in [3.63, 3.8) is 0 Å². The fraction of sp³-hybridized carbons (Fsp3) is 0.545. The van der Waals surface area contributed by atoms with Crippen molar-refractivity contribution in [2.45, 2.75) is 56.0 Å². The Morgan fingerprint density at radius 2 is 1.97 bits per heavy atom. The second-order valence-electron chi connectivity index (χ2n) is 8.36. The molecule has 4 rings (SSSR count). The summed E-state index contributed by atoms with van der Waals surface area (Å²) in [5.41, 5.74) is 2.41. The standard InChI is InChI=1S/C22H27ClF2N2O2/c1-15(26-14-21(28)6-8-22(24,25)9-7-21)17-13-19(16-4-11-29-12-5-16)27-10-2-3-18(23)20(17)27/h2-3,10,13,16,26,28H,1,4-9,11-12,14H2. The highest BCUT2D eigenvalue weighted by molar-refractivity contribution is 6.34. The number of nitrogens with zero attached hydrogens (tertiary/aromatic N) is 1. The first-order valence-corrected chi connectivity index (χ1v) is 10.6. The third kappa shape index (κ3) is 4.30. The summed E-state index contributed by atoms with van der Waals surface area (Å²) in [5.74, 6) is -2.30. The van der Waals surface area contributed by atoms with Crippen molar-refractivity contribution in [1.82, 2.24) is 9.72 Å². The van der Waals surface area contributed by atoms with Crippen LogP contribution in [0.2, 0.25) is 5.02 Å². The number of pyridine rings is 1. The van der Waals surface area contributed by atoms with Crippen molar-refractivity contribution < 1.29 is 18.6 Å². The minimum Gasteiger partial charge on any atom is -0.388 e. The molecule has 0 atom stereocenters. The Kier molecular flexibility index (Phi) is 5.62. The van der Waals surface area contributed by atoms with Crippen LogP contribution in [0.1, 0.15) is 55.7 Å². The predicted octanol–water partition coefficient (Wildman–Crippen LogP) is 4.99. The average molecular weight is 425 g/mol. The van der Waals surface area contributed by atoms with E-state index in [1.54, 1.807) is 0 Å². The van der Waals surface area contributed by atoms with Gasteiger partial charge < -0.3 is 19.6 Å². The van der Waals surface area contributed by atoms with Crippen LogP contribution >= 0.6 is 11.6 Å². The van der Waals surface area contributed by atoms with Crippen LogP contribution in [0.25, 0.3) is 11.2 Å². The lowest BCUT2D eigenvalue weighted by molar-refractivity contribution is -0.101. The van der Waals surface area contributed by atoms with Crippen molar-refractivity contribution in [3.8, 4) is 0 Å². The van der Waals surface area contributed by atoms with Gasteiger partial charge in [-0.05, 0) is 43.9 Å². The zero-order valence-corrected chi connectivity index (χ0v) is 17.2. The highest BCUT2D eigenvalue weighted by atomic mass is 35.5. The van der Waals surface area contributed by atoms with Crippen LogP contribution in [0.4, 0.5) is 8.78 Å². The van der Waals surface area contributed by atoms with E-state index in [4.69, 9.17) is 16.3 Å². The van der Waals surface area contributed by atoms with Gasteiger partial charge in [0.05, 0.1) is 16.1 Å². The van der Waals surface area contributed by atoms with Gasteiger partial charge in [0, 0.05) is 61.7 Å². The second kappa shape index (κ2) is 7.89. The SMILES string of the molecule is C=C(NCC1(O)CCC(F)(F)CC1)c1cc(C2CCOCC2)n2cccc(Cl)c12. The van der Waals surface area contributed by atoms with Gasteiger partial charge in [0.25, 0.3) is 0 Å². The van der Waals surface area contributed by atoms with Gasteiger partial charge in [0.1, 0.15) is 0 Å². The lowest BCUT2D eigenvalue weighted by atomic mass is 9.82. The van der Waals surface area contributed by atoms with Gasteiger partial charge in [0.2, 0.25) is 5.92 Å². The molecule has 1 saturated carbocycles. The maximum Gasteiger partial charge on any atom is 0.248 e. The third-order valence-electron chi connectivity index (χ3n) is 6.28. The molecular weight excluding hydrogens is 398 g/mol. The van der Waals surface area contributed by atoms with Gasteiger partial charge >= 0.3 is 0 Å². The molecule has 2 N–H and O–H groups in total. The fourth-order valence-corrected chi connectivity index (χ4v) is 4.67. The van der Waals surface area contributed by atoms with Crippen LogP contribution < -0.4 is 5.32 Å². The molecule has 7 heteroatoms. The van der Waals surface area contributed by atoms with Gasteiger partial charge in [-0.15, -0.1) is 0 Å². The number of halogens is 3. The van der Waals surface area contributed by atoms with E-state index in [-0.39, 0.29) is 32.2 Å². The zero-order valence-electron chi connectivity index (χ0n) is 16.4. The van der Waals surface area contributed by atoms with Crippen LogP contribution in [0.3, 0.4) is 0 Å². The summed E-state index contributed by atoms with van der Waals surface area (Å²) < 4.78 is 34.5. The molecule has 3 heterocycles. The molecule has 0 aromatic carbocycles. The van der Waals surface area contributed by atoms with Gasteiger partial charge in [-0.2, -0.15) is 0 Å². The summed E-state index contributed by atoms with van der Waals surface area (Å²) in [6.45, 7) is 5.82. The van der Waals surface area contributed by atoms with Crippen LogP contribution in [0.15, 0.2) is 31.0 Å². The first-order valence-electron chi connectivity index (χ1n) is 10.2. The average Bonchev–Trinajstić information content (AvgIpc) is 3.11. The van der Waals surface area contributed by atoms with Crippen molar-refractivity contribution in [2.75, 3.05) is 19.8 Å². The predicted molar refractivity (Wildman–Crippen MR) is 111 cm³/mol. The van der Waals surface area contributed by atoms with Gasteiger partial charge in [-0.1, -0.05) is 18.2 Å². The van der Waals surface area contributed by atoms with Crippen molar-refractivity contribution in [3.05, 3.63) is 47.3 Å². The number of aliphatic hydroxyl groups is 1. The largest absolute Gasteiger partial charge is 0.388 e. The van der Waals surface area contributed by atoms with E-state index in [1.807, 2.05) is 18.3 Å². The summed E-state index contributed by atoms with van der Waals surface area (Å²) in [6.07, 6.45) is 3.48. The number of nitrogens with one attached hydrogen (secondary N) is 1. The van der Waals surface area contributed by atoms with E-state index in [9.17, 15) is 13.9 Å². The van der Waals surface area contributed by atoms with E-state index in [1.165, 1.54) is 5.69 Å². The minimum atomic E-state index is -2.67. The molecule has 2 aliphatic rings. The Labute approximate surface area is 174 Å². The van der Waals surface area contributed by atoms with Crippen LogP contribution in [-0.4, -0.2) is 40.8 Å². The molecule has 1 saturated heterocycles. The Morgan fingerprint density at radius 1 is 1.28 bits per heavy atom. The molecule has 0 amide bonds. The van der Waals surface area contributed by atoms with Gasteiger partial charge in [-0.3, -0.25) is 0 Å². The van der Waals surface area contributed by atoms with Gasteiger partial charge in [-0.25, -0.2) is 8.78 Å². The molecule has 1 aliphatic carbocycles. The zero-order chi connectivity index (χ0) is 20.6. The first-order chi connectivity index (χ1) is 13.8. The smallest absolute Gasteiger partial charge is 0.248 e. The molecule has 0 spiro atoms. The summed E-state index contributed by atoms with van der Waals surface area (Å²) >= 11 is 6.52. The molecule has 158 valence electrons. The van der Waals surface area contributed by atoms with Crippen molar-refractivity contribution >= 4 is 22.8 Å². The molecule has 4 nitrogen and oxygen atoms in total. The highest BCUT2D eigenvalue weighted by Gasteiger charge is 2.42. The maximum atomic E-state index is 13.4. The van der Waals surface area contributed by atoms with Crippen LogP contribution in [0.5, 0.6) is 0 Å². The molecule has 2 fully saturated rings. The molecule has 2 aromatic heterocycles. The van der Waals surface area contributed by atoms with Crippen LogP contribution in [-0.2, 0) is 4.74 Å². The van der Waals surface area contributed by atoms with E-state index >= 15 is 0 Å². The van der Waals surface area contributed by atoms with E-state index in [2.05, 4.69) is 22.4 Å². The topological polar surface area (TPSA) is 45.9 Å². The summed E-state index contributed by atoms with van der Waals surface area (Å²) in [6, 6.07) is 5.87. The number of aromatic nitrogens is 1. The summed E-state index contributed by atoms with van der Waals surface area (Å²) in [4.78, 5) is 0. The molecule has 0 radical (unpaired) electrons. The Morgan fingerprint density at radius 3 is 2.66 bits per heavy atom. The van der Waals surface area contributed by atoms with Gasteiger partial charge in [0.15, 0.2) is 0 Å². The lowest BCUT2D eigenvalue weighted by Crippen LogP contribution is -2.45. The maximum absolute atomic E-state index is 13.4. The molecule has 1 aliphatic heterocycles. The second-order valence-corrected chi connectivity index (χ2v) is 8.76. The highest BCUT2D eigenvalue weighted by Crippen LogP contribution is 2.39. The number of hydrogen-bond donors (Lipinski definition) is 2. The molecule has 0 bridgehead atoms. The Bertz CT molecular complexity index is 896. The fourth-order valence-electron chi connectivity index (χ4n) is 4.40.